The van der Waals surface area contributed by atoms with E-state index in [0.29, 0.717) is 52.4 Å². The number of hydrogen-bond donors (Lipinski definition) is 1. The lowest BCUT2D eigenvalue weighted by Gasteiger charge is -2.49. The van der Waals surface area contributed by atoms with Crippen LogP contribution in [-0.2, 0) is 27.3 Å². The Labute approximate surface area is 199 Å². The molecular formula is C26H31FN4O3. The van der Waals surface area contributed by atoms with E-state index in [1.807, 2.05) is 23.1 Å². The van der Waals surface area contributed by atoms with Gasteiger partial charge in [-0.25, -0.2) is 4.39 Å². The molecule has 0 aliphatic carbocycles. The maximum atomic E-state index is 13.6. The van der Waals surface area contributed by atoms with E-state index in [2.05, 4.69) is 27.2 Å². The summed E-state index contributed by atoms with van der Waals surface area (Å²) >= 11 is 0. The van der Waals surface area contributed by atoms with Gasteiger partial charge in [0.05, 0.1) is 31.7 Å². The average Bonchev–Trinajstić information content (AvgIpc) is 2.87. The van der Waals surface area contributed by atoms with Crippen LogP contribution in [0, 0.1) is 11.7 Å². The summed E-state index contributed by atoms with van der Waals surface area (Å²) in [4.78, 5) is 32.6. The number of morpholine rings is 1. The molecule has 2 amide bonds. The molecule has 180 valence electrons. The zero-order valence-corrected chi connectivity index (χ0v) is 19.3. The molecule has 0 unspecified atom stereocenters. The molecule has 0 spiro atoms. The third-order valence-electron chi connectivity index (χ3n) is 7.12. The monoisotopic (exact) mass is 466 g/mol. The Balaban J connectivity index is 1.30. The fourth-order valence-corrected chi connectivity index (χ4v) is 5.33. The SMILES string of the molecule is O=C(NCc1cccc(F)c1)[C@H]1Cc2ccccc2N2CCN(CC(=O)N3CCOCC3)C[C@@H]12. The highest BCUT2D eigenvalue weighted by atomic mass is 19.1. The molecule has 2 atom stereocenters. The van der Waals surface area contributed by atoms with Crippen LogP contribution in [0.4, 0.5) is 10.1 Å². The zero-order chi connectivity index (χ0) is 23.5. The Morgan fingerprint density at radius 2 is 1.85 bits per heavy atom. The minimum Gasteiger partial charge on any atom is -0.378 e. The molecule has 1 N–H and O–H groups in total. The molecular weight excluding hydrogens is 435 g/mol. The van der Waals surface area contributed by atoms with E-state index in [0.717, 1.165) is 18.7 Å². The van der Waals surface area contributed by atoms with Crippen LogP contribution in [0.2, 0.25) is 0 Å². The van der Waals surface area contributed by atoms with Gasteiger partial charge in [-0.1, -0.05) is 30.3 Å². The molecule has 7 nitrogen and oxygen atoms in total. The number of para-hydroxylation sites is 1. The summed E-state index contributed by atoms with van der Waals surface area (Å²) in [6, 6.07) is 14.6. The van der Waals surface area contributed by atoms with E-state index >= 15 is 0 Å². The van der Waals surface area contributed by atoms with Gasteiger partial charge in [-0.2, -0.15) is 0 Å². The van der Waals surface area contributed by atoms with Crippen molar-refractivity contribution in [3.8, 4) is 0 Å². The summed E-state index contributed by atoms with van der Waals surface area (Å²) in [5.74, 6) is -0.461. The largest absolute Gasteiger partial charge is 0.378 e. The van der Waals surface area contributed by atoms with Gasteiger partial charge in [0.25, 0.3) is 0 Å². The Bertz CT molecular complexity index is 1040. The minimum atomic E-state index is -0.308. The number of amides is 2. The number of fused-ring (bicyclic) bond motifs is 3. The first kappa shape index (κ1) is 22.8. The number of nitrogens with zero attached hydrogens (tertiary/aromatic N) is 3. The lowest BCUT2D eigenvalue weighted by molar-refractivity contribution is -0.136. The molecule has 2 aromatic carbocycles. The topological polar surface area (TPSA) is 65.1 Å². The molecule has 0 radical (unpaired) electrons. The number of piperazine rings is 1. The Hall–Kier alpha value is -2.97. The fourth-order valence-electron chi connectivity index (χ4n) is 5.33. The second-order valence-corrected chi connectivity index (χ2v) is 9.28. The number of rotatable bonds is 5. The van der Waals surface area contributed by atoms with Crippen molar-refractivity contribution in [1.82, 2.24) is 15.1 Å². The summed E-state index contributed by atoms with van der Waals surface area (Å²) in [6.45, 7) is 5.32. The zero-order valence-electron chi connectivity index (χ0n) is 19.3. The number of carbonyl (C=O) groups is 2. The molecule has 2 aromatic rings. The molecule has 0 bridgehead atoms. The number of anilines is 1. The van der Waals surface area contributed by atoms with E-state index < -0.39 is 0 Å². The Morgan fingerprint density at radius 3 is 2.68 bits per heavy atom. The van der Waals surface area contributed by atoms with Crippen LogP contribution in [-0.4, -0.2) is 80.1 Å². The van der Waals surface area contributed by atoms with Crippen molar-refractivity contribution in [2.45, 2.75) is 19.0 Å². The molecule has 0 aromatic heterocycles. The third-order valence-corrected chi connectivity index (χ3v) is 7.12. The molecule has 8 heteroatoms. The van der Waals surface area contributed by atoms with Crippen LogP contribution in [0.3, 0.4) is 0 Å². The number of ether oxygens (including phenoxy) is 1. The Kier molecular flexibility index (Phi) is 6.78. The summed E-state index contributed by atoms with van der Waals surface area (Å²) in [6.07, 6.45) is 0.650. The maximum Gasteiger partial charge on any atom is 0.236 e. The first-order chi connectivity index (χ1) is 16.6. The fraction of sp³-hybridized carbons (Fsp3) is 0.462. The lowest BCUT2D eigenvalue weighted by Crippen LogP contribution is -2.62. The van der Waals surface area contributed by atoms with Gasteiger partial charge in [-0.3, -0.25) is 14.5 Å². The smallest absolute Gasteiger partial charge is 0.236 e. The predicted molar refractivity (Wildman–Crippen MR) is 127 cm³/mol. The van der Waals surface area contributed by atoms with Gasteiger partial charge >= 0.3 is 0 Å². The average molecular weight is 467 g/mol. The van der Waals surface area contributed by atoms with Gasteiger partial charge < -0.3 is 19.9 Å². The second-order valence-electron chi connectivity index (χ2n) is 9.28. The highest BCUT2D eigenvalue weighted by Gasteiger charge is 2.41. The quantitative estimate of drug-likeness (QED) is 0.726. The van der Waals surface area contributed by atoms with Gasteiger partial charge in [0, 0.05) is 45.0 Å². The number of halogens is 1. The van der Waals surface area contributed by atoms with Crippen LogP contribution < -0.4 is 10.2 Å². The van der Waals surface area contributed by atoms with E-state index in [-0.39, 0.29) is 29.6 Å². The molecule has 3 heterocycles. The van der Waals surface area contributed by atoms with E-state index in [9.17, 15) is 14.0 Å². The summed E-state index contributed by atoms with van der Waals surface area (Å²) in [5, 5.41) is 3.03. The van der Waals surface area contributed by atoms with E-state index in [4.69, 9.17) is 4.74 Å². The first-order valence-corrected chi connectivity index (χ1v) is 12.0. The molecule has 3 aliphatic heterocycles. The maximum absolute atomic E-state index is 13.6. The standard InChI is InChI=1S/C26H31FN4O3/c27-21-6-3-4-19(14-21)16-28-26(33)22-15-20-5-1-2-7-23(20)31-9-8-29(17-24(22)31)18-25(32)30-10-12-34-13-11-30/h1-7,14,22,24H,8-13,15-18H2,(H,28,33)/t22-,24-/m0/s1. The van der Waals surface area contributed by atoms with E-state index in [1.165, 1.54) is 23.4 Å². The number of benzene rings is 2. The summed E-state index contributed by atoms with van der Waals surface area (Å²) in [5.41, 5.74) is 3.09. The van der Waals surface area contributed by atoms with Crippen molar-refractivity contribution in [2.24, 2.45) is 5.92 Å². The van der Waals surface area contributed by atoms with Crippen molar-refractivity contribution < 1.29 is 18.7 Å². The molecule has 2 saturated heterocycles. The van der Waals surface area contributed by atoms with Crippen molar-refractivity contribution in [3.05, 3.63) is 65.5 Å². The second kappa shape index (κ2) is 10.1. The van der Waals surface area contributed by atoms with Gasteiger partial charge in [-0.15, -0.1) is 0 Å². The lowest BCUT2D eigenvalue weighted by atomic mass is 9.83. The van der Waals surface area contributed by atoms with Gasteiger partial charge in [0.1, 0.15) is 5.82 Å². The molecule has 0 saturated carbocycles. The molecule has 2 fully saturated rings. The Morgan fingerprint density at radius 1 is 1.03 bits per heavy atom. The minimum absolute atomic E-state index is 0.0198. The van der Waals surface area contributed by atoms with Crippen molar-refractivity contribution in [2.75, 3.05) is 57.4 Å². The highest BCUT2D eigenvalue weighted by Crippen LogP contribution is 2.36. The van der Waals surface area contributed by atoms with Crippen LogP contribution in [0.25, 0.3) is 0 Å². The third kappa shape index (κ3) is 4.93. The van der Waals surface area contributed by atoms with Crippen molar-refractivity contribution in [3.63, 3.8) is 0 Å². The van der Waals surface area contributed by atoms with Crippen molar-refractivity contribution >= 4 is 17.5 Å². The molecule has 5 rings (SSSR count). The summed E-state index contributed by atoms with van der Waals surface area (Å²) < 4.78 is 18.9. The summed E-state index contributed by atoms with van der Waals surface area (Å²) in [7, 11) is 0. The molecule has 3 aliphatic rings. The van der Waals surface area contributed by atoms with Gasteiger partial charge in [0.2, 0.25) is 11.8 Å². The van der Waals surface area contributed by atoms with E-state index in [1.54, 1.807) is 6.07 Å². The number of carbonyl (C=O) groups excluding carboxylic acids is 2. The van der Waals surface area contributed by atoms with Gasteiger partial charge in [0.15, 0.2) is 0 Å². The molecule has 34 heavy (non-hydrogen) atoms. The van der Waals surface area contributed by atoms with Crippen LogP contribution >= 0.6 is 0 Å². The van der Waals surface area contributed by atoms with Crippen LogP contribution in [0.5, 0.6) is 0 Å². The number of nitrogens with one attached hydrogen (secondary N) is 1. The number of hydrogen-bond acceptors (Lipinski definition) is 5. The van der Waals surface area contributed by atoms with Gasteiger partial charge in [-0.05, 0) is 35.7 Å². The van der Waals surface area contributed by atoms with Crippen LogP contribution in [0.1, 0.15) is 11.1 Å². The van der Waals surface area contributed by atoms with Crippen LogP contribution in [0.15, 0.2) is 48.5 Å². The first-order valence-electron chi connectivity index (χ1n) is 12.0. The predicted octanol–water partition coefficient (Wildman–Crippen LogP) is 1.66. The van der Waals surface area contributed by atoms with Crippen molar-refractivity contribution in [1.29, 1.82) is 0 Å². The normalized spacial score (nSPS) is 22.6. The highest BCUT2D eigenvalue weighted by molar-refractivity contribution is 5.82.